The minimum Gasteiger partial charge on any atom is -0.467 e. The molecule has 1 aromatic carbocycles. The van der Waals surface area contributed by atoms with Gasteiger partial charge in [0.15, 0.2) is 11.7 Å². The van der Waals surface area contributed by atoms with Crippen LogP contribution in [0.2, 0.25) is 0 Å². The Bertz CT molecular complexity index is 730. The highest BCUT2D eigenvalue weighted by Gasteiger charge is 2.72. The Hall–Kier alpha value is -1.21. The first-order chi connectivity index (χ1) is 12.2. The summed E-state index contributed by atoms with van der Waals surface area (Å²) in [6.45, 7) is 0.602. The molecule has 2 aliphatic rings. The minimum atomic E-state index is -1.35. The van der Waals surface area contributed by atoms with Crippen molar-refractivity contribution in [3.05, 3.63) is 24.3 Å². The summed E-state index contributed by atoms with van der Waals surface area (Å²) in [6, 6.07) is 6.54. The Morgan fingerprint density at radius 3 is 2.69 bits per heavy atom. The zero-order valence-corrected chi connectivity index (χ0v) is 16.6. The third-order valence-corrected chi connectivity index (χ3v) is 6.42. The van der Waals surface area contributed by atoms with Gasteiger partial charge < -0.3 is 19.3 Å². The average molecular weight is 422 g/mol. The molecule has 0 aromatic heterocycles. The number of nitrogens with zero attached hydrogens (tertiary/aromatic N) is 2. The van der Waals surface area contributed by atoms with Gasteiger partial charge in [-0.15, -0.1) is 11.6 Å². The van der Waals surface area contributed by atoms with Crippen LogP contribution in [0.1, 0.15) is 12.8 Å². The maximum atomic E-state index is 12.8. The van der Waals surface area contributed by atoms with E-state index >= 15 is 0 Å². The fraction of sp³-hybridized carbons (Fsp3) is 0.529. The molecule has 6 nitrogen and oxygen atoms in total. The first kappa shape index (κ1) is 19.5. The smallest absolute Gasteiger partial charge is 0.249 e. The summed E-state index contributed by atoms with van der Waals surface area (Å²) in [5.41, 5.74) is 0.697. The highest BCUT2D eigenvalue weighted by atomic mass is 35.5. The molecule has 3 rings (SSSR count). The molecular weight excluding hydrogens is 403 g/mol. The van der Waals surface area contributed by atoms with Gasteiger partial charge in [0.2, 0.25) is 11.8 Å². The molecule has 2 unspecified atom stereocenters. The summed E-state index contributed by atoms with van der Waals surface area (Å²) in [5, 5.41) is 0. The predicted octanol–water partition coefficient (Wildman–Crippen LogP) is 2.79. The molecule has 142 valence electrons. The number of halogens is 3. The number of alkyl halides is 3. The molecule has 1 aromatic rings. The molecule has 2 atom stereocenters. The van der Waals surface area contributed by atoms with Crippen molar-refractivity contribution in [2.45, 2.75) is 28.1 Å². The second-order valence-electron chi connectivity index (χ2n) is 6.44. The van der Waals surface area contributed by atoms with Crippen molar-refractivity contribution in [2.75, 3.05) is 32.4 Å². The normalized spacial score (nSPS) is 26.7. The second kappa shape index (κ2) is 7.08. The Kier molecular flexibility index (Phi) is 5.32. The number of likely N-dealkylation sites (N-methyl/N-ethyl adjacent to an activating group) is 1. The van der Waals surface area contributed by atoms with Gasteiger partial charge in [-0.3, -0.25) is 9.59 Å². The quantitative estimate of drug-likeness (QED) is 0.523. The summed E-state index contributed by atoms with van der Waals surface area (Å²) < 4.78 is 9.00. The molecule has 1 heterocycles. The monoisotopic (exact) mass is 420 g/mol. The van der Waals surface area contributed by atoms with E-state index in [-0.39, 0.29) is 19.1 Å². The molecule has 0 bridgehead atoms. The van der Waals surface area contributed by atoms with Crippen molar-refractivity contribution in [3.8, 4) is 5.75 Å². The number of hydrogen-bond acceptors (Lipinski definition) is 4. The number of amides is 2. The highest BCUT2D eigenvalue weighted by molar-refractivity contribution is 6.62. The van der Waals surface area contributed by atoms with Crippen LogP contribution in [0, 0.1) is 0 Å². The van der Waals surface area contributed by atoms with Gasteiger partial charge in [-0.1, -0.05) is 29.3 Å². The molecular formula is C17H19Cl3N2O4. The molecule has 0 spiro atoms. The number of carbonyl (C=O) groups excluding carboxylic acids is 2. The van der Waals surface area contributed by atoms with E-state index in [0.717, 1.165) is 0 Å². The van der Waals surface area contributed by atoms with Crippen LogP contribution in [0.4, 0.5) is 5.69 Å². The Balaban J connectivity index is 1.71. The topological polar surface area (TPSA) is 59.1 Å². The third-order valence-electron chi connectivity index (χ3n) is 4.70. The Morgan fingerprint density at radius 1 is 1.38 bits per heavy atom. The first-order valence-electron chi connectivity index (χ1n) is 8.08. The average Bonchev–Trinajstić information content (AvgIpc) is 2.93. The van der Waals surface area contributed by atoms with Crippen LogP contribution in [-0.4, -0.2) is 59.5 Å². The number of methoxy groups -OCH3 is 1. The molecule has 9 heteroatoms. The van der Waals surface area contributed by atoms with Crippen LogP contribution in [0.3, 0.4) is 0 Å². The van der Waals surface area contributed by atoms with Gasteiger partial charge >= 0.3 is 0 Å². The van der Waals surface area contributed by atoms with E-state index in [0.29, 0.717) is 24.4 Å². The van der Waals surface area contributed by atoms with Crippen LogP contribution >= 0.6 is 34.8 Å². The molecule has 2 fully saturated rings. The van der Waals surface area contributed by atoms with Crippen LogP contribution in [0.25, 0.3) is 0 Å². The number of ether oxygens (including phenoxy) is 2. The van der Waals surface area contributed by atoms with Crippen molar-refractivity contribution in [1.82, 2.24) is 4.90 Å². The number of benzene rings is 1. The number of carbonyl (C=O) groups is 2. The van der Waals surface area contributed by atoms with Gasteiger partial charge in [-0.2, -0.15) is 0 Å². The lowest BCUT2D eigenvalue weighted by atomic mass is 10.2. The SMILES string of the molecule is COCOc1cccc(N2CCC(N(C)C(=O)C3(Cl)CC3(Cl)Cl)C2=O)c1. The molecule has 1 saturated carbocycles. The molecule has 26 heavy (non-hydrogen) atoms. The van der Waals surface area contributed by atoms with E-state index < -0.39 is 21.2 Å². The van der Waals surface area contributed by atoms with Crippen LogP contribution in [-0.2, 0) is 14.3 Å². The van der Waals surface area contributed by atoms with E-state index in [1.54, 1.807) is 30.1 Å². The van der Waals surface area contributed by atoms with Crippen LogP contribution in [0.5, 0.6) is 5.75 Å². The minimum absolute atomic E-state index is 0.119. The zero-order valence-electron chi connectivity index (χ0n) is 14.4. The lowest BCUT2D eigenvalue weighted by molar-refractivity contribution is -0.137. The Labute approximate surface area is 166 Å². The maximum absolute atomic E-state index is 12.8. The van der Waals surface area contributed by atoms with Gasteiger partial charge in [-0.25, -0.2) is 0 Å². The summed E-state index contributed by atoms with van der Waals surface area (Å²) >= 11 is 18.2. The molecule has 1 saturated heterocycles. The number of anilines is 1. The van der Waals surface area contributed by atoms with Gasteiger partial charge in [0, 0.05) is 38.9 Å². The first-order valence-corrected chi connectivity index (χ1v) is 9.22. The lowest BCUT2D eigenvalue weighted by Gasteiger charge is -2.26. The van der Waals surface area contributed by atoms with Gasteiger partial charge in [0.05, 0.1) is 0 Å². The highest BCUT2D eigenvalue weighted by Crippen LogP contribution is 2.62. The number of rotatable bonds is 6. The van der Waals surface area contributed by atoms with Crippen LogP contribution < -0.4 is 9.64 Å². The second-order valence-corrected chi connectivity index (χ2v) is 8.57. The standard InChI is InChI=1S/C17H19Cl3N2O4/c1-21(15(24)16(18)9-17(16,19)20)13-6-7-22(14(13)23)11-4-3-5-12(8-11)26-10-25-2/h3-5,8,13H,6-7,9-10H2,1-2H3. The summed E-state index contributed by atoms with van der Waals surface area (Å²) in [5.74, 6) is -0.0151. The molecule has 1 aliphatic heterocycles. The van der Waals surface area contributed by atoms with Crippen molar-refractivity contribution < 1.29 is 19.1 Å². The van der Waals surface area contributed by atoms with E-state index in [2.05, 4.69) is 0 Å². The summed E-state index contributed by atoms with van der Waals surface area (Å²) in [7, 11) is 3.09. The van der Waals surface area contributed by atoms with Gasteiger partial charge in [-0.05, 0) is 18.6 Å². The van der Waals surface area contributed by atoms with Gasteiger partial charge in [0.1, 0.15) is 16.1 Å². The molecule has 1 aliphatic carbocycles. The van der Waals surface area contributed by atoms with E-state index in [9.17, 15) is 9.59 Å². The van der Waals surface area contributed by atoms with E-state index in [1.165, 1.54) is 12.0 Å². The fourth-order valence-electron chi connectivity index (χ4n) is 3.06. The van der Waals surface area contributed by atoms with Crippen molar-refractivity contribution in [1.29, 1.82) is 0 Å². The van der Waals surface area contributed by atoms with Crippen molar-refractivity contribution in [2.24, 2.45) is 0 Å². The zero-order chi connectivity index (χ0) is 19.1. The van der Waals surface area contributed by atoms with Crippen LogP contribution in [0.15, 0.2) is 24.3 Å². The third kappa shape index (κ3) is 3.36. The van der Waals surface area contributed by atoms with Crippen molar-refractivity contribution >= 4 is 52.3 Å². The lowest BCUT2D eigenvalue weighted by Crippen LogP contribution is -2.47. The van der Waals surface area contributed by atoms with Gasteiger partial charge in [0.25, 0.3) is 0 Å². The summed E-state index contributed by atoms with van der Waals surface area (Å²) in [4.78, 5) is 27.1. The van der Waals surface area contributed by atoms with E-state index in [4.69, 9.17) is 44.3 Å². The fourth-order valence-corrected chi connectivity index (χ4v) is 4.10. The largest absolute Gasteiger partial charge is 0.467 e. The summed E-state index contributed by atoms with van der Waals surface area (Å²) in [6.07, 6.45) is 0.659. The number of hydrogen-bond donors (Lipinski definition) is 0. The Morgan fingerprint density at radius 2 is 2.08 bits per heavy atom. The predicted molar refractivity (Wildman–Crippen MR) is 100 cm³/mol. The molecule has 0 radical (unpaired) electrons. The molecule has 0 N–H and O–H groups in total. The maximum Gasteiger partial charge on any atom is 0.249 e. The van der Waals surface area contributed by atoms with Crippen molar-refractivity contribution in [3.63, 3.8) is 0 Å². The molecule has 2 amide bonds. The van der Waals surface area contributed by atoms with E-state index in [1.807, 2.05) is 6.07 Å².